The van der Waals surface area contributed by atoms with Gasteiger partial charge in [0.05, 0.1) is 11.6 Å². The second kappa shape index (κ2) is 6.66. The van der Waals surface area contributed by atoms with E-state index in [2.05, 4.69) is 11.0 Å². The Hall–Kier alpha value is -1.61. The molecule has 1 N–H and O–H groups in total. The number of nitriles is 1. The van der Waals surface area contributed by atoms with E-state index in [-0.39, 0.29) is 12.1 Å². The van der Waals surface area contributed by atoms with E-state index in [4.69, 9.17) is 14.7 Å². The highest BCUT2D eigenvalue weighted by Crippen LogP contribution is 2.39. The third-order valence-electron chi connectivity index (χ3n) is 4.80. The summed E-state index contributed by atoms with van der Waals surface area (Å²) in [7, 11) is 0. The highest BCUT2D eigenvalue weighted by Gasteiger charge is 2.45. The molecule has 2 aliphatic rings. The molecule has 5 heteroatoms. The van der Waals surface area contributed by atoms with Gasteiger partial charge in [-0.15, -0.1) is 0 Å². The molecule has 1 spiro atoms. The molecule has 1 unspecified atom stereocenters. The van der Waals surface area contributed by atoms with Crippen molar-refractivity contribution in [2.45, 2.75) is 30.9 Å². The number of hydrogen-bond donors (Lipinski definition) is 1. The normalized spacial score (nSPS) is 21.8. The maximum absolute atomic E-state index is 10.2. The molecule has 1 aromatic carbocycles. The second-order valence-corrected chi connectivity index (χ2v) is 6.13. The number of hydrogen-bond acceptors (Lipinski definition) is 5. The Morgan fingerprint density at radius 3 is 2.59 bits per heavy atom. The van der Waals surface area contributed by atoms with Crippen molar-refractivity contribution in [2.75, 3.05) is 32.9 Å². The van der Waals surface area contributed by atoms with Crippen LogP contribution in [-0.4, -0.2) is 54.6 Å². The zero-order valence-electron chi connectivity index (χ0n) is 12.7. The summed E-state index contributed by atoms with van der Waals surface area (Å²) in [5.74, 6) is 0.683. The average molecular weight is 302 g/mol. The fraction of sp³-hybridized carbons (Fsp3) is 0.588. The van der Waals surface area contributed by atoms with E-state index in [9.17, 15) is 5.11 Å². The van der Waals surface area contributed by atoms with Crippen LogP contribution in [0.2, 0.25) is 0 Å². The van der Waals surface area contributed by atoms with Gasteiger partial charge in [-0.3, -0.25) is 4.90 Å². The van der Waals surface area contributed by atoms with E-state index in [1.807, 2.05) is 0 Å². The van der Waals surface area contributed by atoms with Crippen LogP contribution in [0.15, 0.2) is 24.3 Å². The summed E-state index contributed by atoms with van der Waals surface area (Å²) in [6.07, 6.45) is 2.84. The average Bonchev–Trinajstić information content (AvgIpc) is 2.58. The van der Waals surface area contributed by atoms with E-state index < -0.39 is 6.10 Å². The first-order valence-corrected chi connectivity index (χ1v) is 7.86. The van der Waals surface area contributed by atoms with Gasteiger partial charge in [0.15, 0.2) is 0 Å². The van der Waals surface area contributed by atoms with Crippen LogP contribution in [0.25, 0.3) is 0 Å². The summed E-state index contributed by atoms with van der Waals surface area (Å²) >= 11 is 0. The van der Waals surface area contributed by atoms with Crippen molar-refractivity contribution in [3.05, 3.63) is 29.8 Å². The lowest BCUT2D eigenvalue weighted by atomic mass is 9.78. The number of ether oxygens (including phenoxy) is 2. The molecule has 0 amide bonds. The third-order valence-corrected chi connectivity index (χ3v) is 4.80. The van der Waals surface area contributed by atoms with Gasteiger partial charge in [0, 0.05) is 31.8 Å². The summed E-state index contributed by atoms with van der Waals surface area (Å²) < 4.78 is 11.0. The molecule has 3 rings (SSSR count). The van der Waals surface area contributed by atoms with Crippen LogP contribution >= 0.6 is 0 Å². The molecule has 0 saturated carbocycles. The van der Waals surface area contributed by atoms with Crippen molar-refractivity contribution in [3.8, 4) is 11.8 Å². The largest absolute Gasteiger partial charge is 0.491 e. The molecular formula is C17H22N2O3. The van der Waals surface area contributed by atoms with Crippen LogP contribution in [-0.2, 0) is 4.74 Å². The summed E-state index contributed by atoms with van der Waals surface area (Å²) in [5, 5.41) is 19.0. The zero-order valence-corrected chi connectivity index (χ0v) is 12.7. The van der Waals surface area contributed by atoms with Crippen LogP contribution in [0.3, 0.4) is 0 Å². The van der Waals surface area contributed by atoms with Crippen molar-refractivity contribution in [2.24, 2.45) is 0 Å². The minimum absolute atomic E-state index is 0.258. The van der Waals surface area contributed by atoms with Crippen molar-refractivity contribution in [3.63, 3.8) is 0 Å². The van der Waals surface area contributed by atoms with Crippen molar-refractivity contribution in [1.29, 1.82) is 5.26 Å². The van der Waals surface area contributed by atoms with Gasteiger partial charge in [0.1, 0.15) is 18.5 Å². The Balaban J connectivity index is 1.46. The molecule has 5 nitrogen and oxygen atoms in total. The Labute approximate surface area is 131 Å². The van der Waals surface area contributed by atoms with Gasteiger partial charge in [-0.25, -0.2) is 0 Å². The van der Waals surface area contributed by atoms with Crippen LogP contribution in [0.1, 0.15) is 24.8 Å². The summed E-state index contributed by atoms with van der Waals surface area (Å²) in [6.45, 7) is 3.63. The zero-order chi connectivity index (χ0) is 15.4. The molecule has 1 aromatic rings. The van der Waals surface area contributed by atoms with Gasteiger partial charge in [-0.2, -0.15) is 5.26 Å². The highest BCUT2D eigenvalue weighted by molar-refractivity contribution is 5.34. The molecule has 22 heavy (non-hydrogen) atoms. The minimum atomic E-state index is -0.504. The summed E-state index contributed by atoms with van der Waals surface area (Å²) in [6, 6.07) is 9.02. The first-order valence-electron chi connectivity index (χ1n) is 7.86. The van der Waals surface area contributed by atoms with E-state index in [1.165, 1.54) is 6.42 Å². The molecule has 2 aliphatic heterocycles. The van der Waals surface area contributed by atoms with E-state index in [0.29, 0.717) is 17.9 Å². The maximum atomic E-state index is 10.2. The van der Waals surface area contributed by atoms with Crippen LogP contribution in [0, 0.1) is 11.3 Å². The van der Waals surface area contributed by atoms with E-state index >= 15 is 0 Å². The minimum Gasteiger partial charge on any atom is -0.491 e. The molecular weight excluding hydrogens is 280 g/mol. The molecule has 2 saturated heterocycles. The number of aliphatic hydroxyl groups is 1. The smallest absolute Gasteiger partial charge is 0.119 e. The van der Waals surface area contributed by atoms with Gasteiger partial charge in [0.25, 0.3) is 0 Å². The standard InChI is InChI=1S/C17H22N2O3/c18-11-14-1-3-16(4-2-14)22-13-15(20)12-19-8-5-17(19)6-9-21-10-7-17/h1-4,15,20H,5-10,12-13H2. The predicted molar refractivity (Wildman–Crippen MR) is 81.6 cm³/mol. The molecule has 0 aliphatic carbocycles. The fourth-order valence-electron chi connectivity index (χ4n) is 3.31. The number of aliphatic hydroxyl groups excluding tert-OH is 1. The van der Waals surface area contributed by atoms with Gasteiger partial charge < -0.3 is 14.6 Å². The molecule has 118 valence electrons. The third kappa shape index (κ3) is 3.25. The van der Waals surface area contributed by atoms with Crippen molar-refractivity contribution < 1.29 is 14.6 Å². The first kappa shape index (κ1) is 15.3. The lowest BCUT2D eigenvalue weighted by Crippen LogP contribution is -2.63. The Morgan fingerprint density at radius 2 is 2.00 bits per heavy atom. The van der Waals surface area contributed by atoms with Crippen LogP contribution < -0.4 is 4.74 Å². The molecule has 0 radical (unpaired) electrons. The van der Waals surface area contributed by atoms with Crippen molar-refractivity contribution in [1.82, 2.24) is 4.90 Å². The number of nitrogens with zero attached hydrogens (tertiary/aromatic N) is 2. The Bertz CT molecular complexity index is 532. The van der Waals surface area contributed by atoms with Gasteiger partial charge >= 0.3 is 0 Å². The lowest BCUT2D eigenvalue weighted by molar-refractivity contribution is -0.106. The quantitative estimate of drug-likeness (QED) is 0.894. The van der Waals surface area contributed by atoms with E-state index in [0.717, 1.165) is 32.6 Å². The molecule has 0 aromatic heterocycles. The van der Waals surface area contributed by atoms with Gasteiger partial charge in [-0.05, 0) is 43.5 Å². The highest BCUT2D eigenvalue weighted by atomic mass is 16.5. The molecule has 2 fully saturated rings. The Morgan fingerprint density at radius 1 is 1.27 bits per heavy atom. The van der Waals surface area contributed by atoms with Crippen LogP contribution in [0.4, 0.5) is 0 Å². The first-order chi connectivity index (χ1) is 10.7. The maximum Gasteiger partial charge on any atom is 0.119 e. The van der Waals surface area contributed by atoms with Crippen molar-refractivity contribution >= 4 is 0 Å². The van der Waals surface area contributed by atoms with Gasteiger partial charge in [-0.1, -0.05) is 0 Å². The summed E-state index contributed by atoms with van der Waals surface area (Å²) in [5.41, 5.74) is 0.864. The molecule has 1 atom stereocenters. The predicted octanol–water partition coefficient (Wildman–Crippen LogP) is 1.55. The number of β-amino-alcohol motifs (C(OH)–C–C–N with tert-alkyl or cyclic N) is 1. The van der Waals surface area contributed by atoms with Gasteiger partial charge in [0.2, 0.25) is 0 Å². The number of rotatable bonds is 5. The SMILES string of the molecule is N#Cc1ccc(OCC(O)CN2CCC23CCOCC3)cc1. The number of likely N-dealkylation sites (tertiary alicyclic amines) is 1. The monoisotopic (exact) mass is 302 g/mol. The van der Waals surface area contributed by atoms with Crippen LogP contribution in [0.5, 0.6) is 5.75 Å². The number of benzene rings is 1. The summed E-state index contributed by atoms with van der Waals surface area (Å²) in [4.78, 5) is 2.38. The second-order valence-electron chi connectivity index (χ2n) is 6.13. The molecule has 2 heterocycles. The Kier molecular flexibility index (Phi) is 4.63. The molecule has 0 bridgehead atoms. The topological polar surface area (TPSA) is 65.7 Å². The van der Waals surface area contributed by atoms with E-state index in [1.54, 1.807) is 24.3 Å². The fourth-order valence-corrected chi connectivity index (χ4v) is 3.31. The lowest BCUT2D eigenvalue weighted by Gasteiger charge is -2.55.